The zero-order valence-corrected chi connectivity index (χ0v) is 16.0. The average molecular weight is 366 g/mol. The Morgan fingerprint density at radius 3 is 2.96 bits per heavy atom. The molecule has 0 aromatic carbocycles. The minimum Gasteiger partial charge on any atom is -0.356 e. The highest BCUT2D eigenvalue weighted by molar-refractivity contribution is 5.46. The molecule has 0 amide bonds. The van der Waals surface area contributed by atoms with Gasteiger partial charge in [0.1, 0.15) is 18.0 Å². The lowest BCUT2D eigenvalue weighted by molar-refractivity contribution is 0.474. The van der Waals surface area contributed by atoms with Gasteiger partial charge in [-0.15, -0.1) is 10.2 Å². The molecule has 1 saturated heterocycles. The van der Waals surface area contributed by atoms with Crippen molar-refractivity contribution in [2.24, 2.45) is 7.05 Å². The van der Waals surface area contributed by atoms with Crippen molar-refractivity contribution in [3.63, 3.8) is 0 Å². The van der Waals surface area contributed by atoms with Crippen LogP contribution < -0.4 is 4.90 Å². The molecule has 0 saturated carbocycles. The summed E-state index contributed by atoms with van der Waals surface area (Å²) in [5.41, 5.74) is 1.24. The Morgan fingerprint density at radius 1 is 1.22 bits per heavy atom. The molecule has 142 valence electrons. The molecule has 3 aromatic rings. The predicted octanol–water partition coefficient (Wildman–Crippen LogP) is 2.19. The third kappa shape index (κ3) is 3.70. The molecule has 4 heterocycles. The molecule has 1 aliphatic rings. The standard InChI is InChI=1S/C19H26N8/c1-3-5-15-10-21-13-22-18(15)27-8-4-6-16(11-27)19-24-23-17(25(19)2)12-26-9-7-20-14-26/h7,9-10,13-14,16H,3-6,8,11-12H2,1-2H3/t16-/m1/s1. The number of aromatic nitrogens is 7. The number of anilines is 1. The first kappa shape index (κ1) is 17.6. The van der Waals surface area contributed by atoms with Gasteiger partial charge in [-0.25, -0.2) is 15.0 Å². The zero-order valence-electron chi connectivity index (χ0n) is 16.0. The van der Waals surface area contributed by atoms with E-state index in [9.17, 15) is 0 Å². The summed E-state index contributed by atoms with van der Waals surface area (Å²) >= 11 is 0. The highest BCUT2D eigenvalue weighted by Gasteiger charge is 2.27. The largest absolute Gasteiger partial charge is 0.356 e. The first-order valence-electron chi connectivity index (χ1n) is 9.64. The van der Waals surface area contributed by atoms with Crippen LogP contribution in [-0.2, 0) is 20.0 Å². The number of hydrogen-bond acceptors (Lipinski definition) is 6. The summed E-state index contributed by atoms with van der Waals surface area (Å²) in [7, 11) is 2.06. The number of piperidine rings is 1. The van der Waals surface area contributed by atoms with Gasteiger partial charge in [-0.3, -0.25) is 0 Å². The smallest absolute Gasteiger partial charge is 0.152 e. The predicted molar refractivity (Wildman–Crippen MR) is 103 cm³/mol. The molecule has 4 rings (SSSR count). The molecule has 1 aliphatic heterocycles. The van der Waals surface area contributed by atoms with E-state index in [1.807, 2.05) is 17.0 Å². The van der Waals surface area contributed by atoms with Gasteiger partial charge >= 0.3 is 0 Å². The van der Waals surface area contributed by atoms with Crippen molar-refractivity contribution in [3.05, 3.63) is 48.5 Å². The van der Waals surface area contributed by atoms with E-state index < -0.39 is 0 Å². The molecule has 8 heteroatoms. The van der Waals surface area contributed by atoms with Crippen molar-refractivity contribution in [2.75, 3.05) is 18.0 Å². The Balaban J connectivity index is 1.53. The van der Waals surface area contributed by atoms with E-state index >= 15 is 0 Å². The topological polar surface area (TPSA) is 77.6 Å². The summed E-state index contributed by atoms with van der Waals surface area (Å²) in [4.78, 5) is 15.3. The maximum absolute atomic E-state index is 4.59. The number of imidazole rings is 1. The fourth-order valence-electron chi connectivity index (χ4n) is 3.87. The zero-order chi connectivity index (χ0) is 18.6. The maximum Gasteiger partial charge on any atom is 0.152 e. The highest BCUT2D eigenvalue weighted by atomic mass is 15.3. The number of rotatable bonds is 6. The summed E-state index contributed by atoms with van der Waals surface area (Å²) in [5.74, 6) is 3.45. The lowest BCUT2D eigenvalue weighted by atomic mass is 9.96. The first-order chi connectivity index (χ1) is 13.3. The molecule has 27 heavy (non-hydrogen) atoms. The van der Waals surface area contributed by atoms with Crippen molar-refractivity contribution in [1.82, 2.24) is 34.3 Å². The van der Waals surface area contributed by atoms with Gasteiger partial charge in [0.15, 0.2) is 5.82 Å². The monoisotopic (exact) mass is 366 g/mol. The molecule has 0 unspecified atom stereocenters. The Bertz CT molecular complexity index is 870. The second-order valence-corrected chi connectivity index (χ2v) is 7.18. The normalized spacial score (nSPS) is 17.4. The van der Waals surface area contributed by atoms with Gasteiger partial charge in [-0.2, -0.15) is 0 Å². The highest BCUT2D eigenvalue weighted by Crippen LogP contribution is 2.30. The summed E-state index contributed by atoms with van der Waals surface area (Å²) in [5, 5.41) is 8.96. The van der Waals surface area contributed by atoms with E-state index in [1.54, 1.807) is 18.9 Å². The van der Waals surface area contributed by atoms with Crippen molar-refractivity contribution < 1.29 is 0 Å². The van der Waals surface area contributed by atoms with Crippen LogP contribution in [0.4, 0.5) is 5.82 Å². The van der Waals surface area contributed by atoms with Crippen molar-refractivity contribution >= 4 is 5.82 Å². The number of aryl methyl sites for hydroxylation is 1. The Morgan fingerprint density at radius 2 is 2.15 bits per heavy atom. The van der Waals surface area contributed by atoms with Crippen LogP contribution >= 0.6 is 0 Å². The summed E-state index contributed by atoms with van der Waals surface area (Å²) in [6, 6.07) is 0. The third-order valence-corrected chi connectivity index (χ3v) is 5.25. The molecule has 3 aromatic heterocycles. The lowest BCUT2D eigenvalue weighted by Crippen LogP contribution is -2.36. The fourth-order valence-corrected chi connectivity index (χ4v) is 3.87. The van der Waals surface area contributed by atoms with Crippen molar-refractivity contribution in [1.29, 1.82) is 0 Å². The van der Waals surface area contributed by atoms with Crippen LogP contribution in [0.15, 0.2) is 31.2 Å². The van der Waals surface area contributed by atoms with Crippen LogP contribution in [-0.4, -0.2) is 47.4 Å². The van der Waals surface area contributed by atoms with Crippen LogP contribution in [0.1, 0.15) is 49.3 Å². The summed E-state index contributed by atoms with van der Waals surface area (Å²) in [6.07, 6.45) is 13.5. The summed E-state index contributed by atoms with van der Waals surface area (Å²) in [6.45, 7) is 4.83. The molecule has 0 N–H and O–H groups in total. The summed E-state index contributed by atoms with van der Waals surface area (Å²) < 4.78 is 4.15. The lowest BCUT2D eigenvalue weighted by Gasteiger charge is -2.34. The van der Waals surface area contributed by atoms with Crippen LogP contribution in [0.25, 0.3) is 0 Å². The molecule has 0 aliphatic carbocycles. The molecule has 8 nitrogen and oxygen atoms in total. The van der Waals surface area contributed by atoms with Gasteiger partial charge in [-0.1, -0.05) is 13.3 Å². The third-order valence-electron chi connectivity index (χ3n) is 5.25. The first-order valence-corrected chi connectivity index (χ1v) is 9.64. The number of hydrogen-bond donors (Lipinski definition) is 0. The molecular weight excluding hydrogens is 340 g/mol. The van der Waals surface area contributed by atoms with E-state index in [1.165, 1.54) is 5.56 Å². The van der Waals surface area contributed by atoms with Gasteiger partial charge in [0.2, 0.25) is 0 Å². The Hall–Kier alpha value is -2.77. The van der Waals surface area contributed by atoms with E-state index in [2.05, 4.69) is 48.6 Å². The Labute approximate surface area is 159 Å². The minimum absolute atomic E-state index is 0.359. The second-order valence-electron chi connectivity index (χ2n) is 7.18. The van der Waals surface area contributed by atoms with Gasteiger partial charge in [0.25, 0.3) is 0 Å². The fraction of sp³-hybridized carbons (Fsp3) is 0.526. The SMILES string of the molecule is CCCc1cncnc1N1CCC[C@@H](c2nnc(Cn3ccnc3)n2C)C1. The van der Waals surface area contributed by atoms with E-state index in [0.29, 0.717) is 12.5 Å². The van der Waals surface area contributed by atoms with Gasteiger partial charge in [-0.05, 0) is 19.3 Å². The number of nitrogens with zero attached hydrogens (tertiary/aromatic N) is 8. The van der Waals surface area contributed by atoms with Crippen LogP contribution in [0.3, 0.4) is 0 Å². The molecule has 1 atom stereocenters. The average Bonchev–Trinajstić information content (AvgIpc) is 3.33. The molecule has 0 spiro atoms. The molecular formula is C19H26N8. The van der Waals surface area contributed by atoms with Crippen LogP contribution in [0, 0.1) is 0 Å². The van der Waals surface area contributed by atoms with Crippen molar-refractivity contribution in [2.45, 2.75) is 45.1 Å². The van der Waals surface area contributed by atoms with Crippen LogP contribution in [0.5, 0.6) is 0 Å². The van der Waals surface area contributed by atoms with Gasteiger partial charge in [0.05, 0.1) is 12.9 Å². The molecule has 1 fully saturated rings. The van der Waals surface area contributed by atoms with Crippen molar-refractivity contribution in [3.8, 4) is 0 Å². The second kappa shape index (κ2) is 7.85. The van der Waals surface area contributed by atoms with Gasteiger partial charge in [0, 0.05) is 50.2 Å². The quantitative estimate of drug-likeness (QED) is 0.665. The van der Waals surface area contributed by atoms with Gasteiger partial charge < -0.3 is 14.0 Å². The maximum atomic E-state index is 4.59. The van der Waals surface area contributed by atoms with Crippen LogP contribution in [0.2, 0.25) is 0 Å². The minimum atomic E-state index is 0.359. The van der Waals surface area contributed by atoms with E-state index in [4.69, 9.17) is 0 Å². The van der Waals surface area contributed by atoms with E-state index in [-0.39, 0.29) is 0 Å². The molecule has 0 bridgehead atoms. The van der Waals surface area contributed by atoms with E-state index in [0.717, 1.165) is 56.2 Å². The molecule has 0 radical (unpaired) electrons. The Kier molecular flexibility index (Phi) is 5.13.